The number of hydrogen-bond acceptors (Lipinski definition) is 2. The van der Waals surface area contributed by atoms with Gasteiger partial charge in [0, 0.05) is 30.9 Å². The summed E-state index contributed by atoms with van der Waals surface area (Å²) in [7, 11) is 0. The number of hydrogen-bond donors (Lipinski definition) is 1. The summed E-state index contributed by atoms with van der Waals surface area (Å²) >= 11 is 0. The van der Waals surface area contributed by atoms with Gasteiger partial charge in [-0.1, -0.05) is 20.3 Å². The van der Waals surface area contributed by atoms with Crippen LogP contribution in [-0.4, -0.2) is 18.6 Å². The molecule has 1 aromatic rings. The van der Waals surface area contributed by atoms with E-state index in [9.17, 15) is 4.39 Å². The third kappa shape index (κ3) is 4.70. The van der Waals surface area contributed by atoms with Gasteiger partial charge < -0.3 is 10.2 Å². The number of halogens is 1. The average Bonchev–Trinajstić information content (AvgIpc) is 3.30. The van der Waals surface area contributed by atoms with E-state index in [-0.39, 0.29) is 5.82 Å². The summed E-state index contributed by atoms with van der Waals surface area (Å²) in [4.78, 5) is 2.45. The fourth-order valence-electron chi connectivity index (χ4n) is 2.64. The van der Waals surface area contributed by atoms with Gasteiger partial charge in [0.2, 0.25) is 0 Å². The first kappa shape index (κ1) is 16.3. The van der Waals surface area contributed by atoms with Crippen LogP contribution in [-0.2, 0) is 6.54 Å². The second-order valence-corrected chi connectivity index (χ2v) is 6.23. The number of unbranched alkanes of at least 4 members (excludes halogenated alkanes) is 1. The maximum Gasteiger partial charge on any atom is 0.123 e. The minimum absolute atomic E-state index is 0.133. The van der Waals surface area contributed by atoms with Gasteiger partial charge in [-0.3, -0.25) is 0 Å². The topological polar surface area (TPSA) is 15.3 Å². The molecule has 0 amide bonds. The summed E-state index contributed by atoms with van der Waals surface area (Å²) in [6.07, 6.45) is 5.99. The molecule has 0 aromatic heterocycles. The highest BCUT2D eigenvalue weighted by molar-refractivity contribution is 5.54. The summed E-state index contributed by atoms with van der Waals surface area (Å²) in [6.45, 7) is 8.52. The van der Waals surface area contributed by atoms with E-state index in [0.717, 1.165) is 25.1 Å². The predicted octanol–water partition coefficient (Wildman–Crippen LogP) is 4.48. The van der Waals surface area contributed by atoms with Crippen molar-refractivity contribution in [2.75, 3.05) is 11.4 Å². The Morgan fingerprint density at radius 1 is 1.33 bits per heavy atom. The van der Waals surface area contributed by atoms with Crippen LogP contribution in [0.5, 0.6) is 0 Å². The monoisotopic (exact) mass is 292 g/mol. The molecule has 2 rings (SSSR count). The largest absolute Gasteiger partial charge is 0.369 e. The third-order valence-electron chi connectivity index (χ3n) is 4.38. The van der Waals surface area contributed by atoms with Gasteiger partial charge in [0.15, 0.2) is 0 Å². The van der Waals surface area contributed by atoms with Crippen molar-refractivity contribution in [3.8, 4) is 0 Å². The Labute approximate surface area is 128 Å². The Hall–Kier alpha value is -1.09. The summed E-state index contributed by atoms with van der Waals surface area (Å²) < 4.78 is 13.6. The van der Waals surface area contributed by atoms with Gasteiger partial charge in [0.25, 0.3) is 0 Å². The maximum atomic E-state index is 13.6. The molecule has 1 aromatic carbocycles. The molecule has 21 heavy (non-hydrogen) atoms. The first-order chi connectivity index (χ1) is 10.2. The lowest BCUT2D eigenvalue weighted by Gasteiger charge is -2.32. The number of rotatable bonds is 9. The zero-order valence-electron chi connectivity index (χ0n) is 13.7. The minimum Gasteiger partial charge on any atom is -0.369 e. The summed E-state index contributed by atoms with van der Waals surface area (Å²) in [6, 6.07) is 6.39. The molecule has 1 N–H and O–H groups in total. The number of nitrogens with one attached hydrogen (secondary N) is 1. The van der Waals surface area contributed by atoms with Crippen molar-refractivity contribution < 1.29 is 4.39 Å². The van der Waals surface area contributed by atoms with E-state index < -0.39 is 0 Å². The van der Waals surface area contributed by atoms with Crippen molar-refractivity contribution in [3.63, 3.8) is 0 Å². The first-order valence-electron chi connectivity index (χ1n) is 8.44. The first-order valence-corrected chi connectivity index (χ1v) is 8.44. The SMILES string of the molecule is CCCCN(c1ccc(F)cc1CNC1CC1)C(C)CC. The second-order valence-electron chi connectivity index (χ2n) is 6.23. The van der Waals surface area contributed by atoms with E-state index in [1.165, 1.54) is 31.4 Å². The molecular formula is C18H29FN2. The molecular weight excluding hydrogens is 263 g/mol. The van der Waals surface area contributed by atoms with E-state index in [4.69, 9.17) is 0 Å². The lowest BCUT2D eigenvalue weighted by molar-refractivity contribution is 0.584. The summed E-state index contributed by atoms with van der Waals surface area (Å²) in [5, 5.41) is 3.52. The quantitative estimate of drug-likeness (QED) is 0.722. The van der Waals surface area contributed by atoms with Crippen LogP contribution in [0, 0.1) is 5.82 Å². The molecule has 1 unspecified atom stereocenters. The average molecular weight is 292 g/mol. The lowest BCUT2D eigenvalue weighted by atomic mass is 10.1. The highest BCUT2D eigenvalue weighted by Gasteiger charge is 2.22. The van der Waals surface area contributed by atoms with Crippen molar-refractivity contribution in [1.82, 2.24) is 5.32 Å². The van der Waals surface area contributed by atoms with Crippen LogP contribution < -0.4 is 10.2 Å². The number of nitrogens with zero attached hydrogens (tertiary/aromatic N) is 1. The molecule has 0 bridgehead atoms. The van der Waals surface area contributed by atoms with Gasteiger partial charge in [0.05, 0.1) is 0 Å². The highest BCUT2D eigenvalue weighted by Crippen LogP contribution is 2.27. The van der Waals surface area contributed by atoms with Crippen LogP contribution >= 0.6 is 0 Å². The van der Waals surface area contributed by atoms with Gasteiger partial charge in [0.1, 0.15) is 5.82 Å². The molecule has 2 nitrogen and oxygen atoms in total. The van der Waals surface area contributed by atoms with Crippen LogP contribution in [0.25, 0.3) is 0 Å². The Balaban J connectivity index is 2.19. The molecule has 1 atom stereocenters. The fourth-order valence-corrected chi connectivity index (χ4v) is 2.64. The Morgan fingerprint density at radius 3 is 2.71 bits per heavy atom. The lowest BCUT2D eigenvalue weighted by Crippen LogP contribution is -2.34. The van der Waals surface area contributed by atoms with E-state index in [1.54, 1.807) is 12.1 Å². The van der Waals surface area contributed by atoms with Gasteiger partial charge in [-0.2, -0.15) is 0 Å². The Kier molecular flexibility index (Phi) is 6.04. The van der Waals surface area contributed by atoms with Crippen LogP contribution in [0.2, 0.25) is 0 Å². The highest BCUT2D eigenvalue weighted by atomic mass is 19.1. The molecule has 0 heterocycles. The smallest absolute Gasteiger partial charge is 0.123 e. The minimum atomic E-state index is -0.133. The molecule has 0 saturated heterocycles. The standard InChI is InChI=1S/C18H29FN2/c1-4-6-11-21(14(3)5-2)18-10-7-16(19)12-15(18)13-20-17-8-9-17/h7,10,12,14,17,20H,4-6,8-9,11,13H2,1-3H3. The van der Waals surface area contributed by atoms with Crippen LogP contribution in [0.3, 0.4) is 0 Å². The van der Waals surface area contributed by atoms with E-state index in [1.807, 2.05) is 6.07 Å². The van der Waals surface area contributed by atoms with Gasteiger partial charge in [-0.15, -0.1) is 0 Å². The van der Waals surface area contributed by atoms with Gasteiger partial charge >= 0.3 is 0 Å². The summed E-state index contributed by atoms with van der Waals surface area (Å²) in [5.74, 6) is -0.133. The molecule has 1 fully saturated rings. The van der Waals surface area contributed by atoms with Gasteiger partial charge in [-0.25, -0.2) is 4.39 Å². The van der Waals surface area contributed by atoms with Crippen molar-refractivity contribution >= 4 is 5.69 Å². The Morgan fingerprint density at radius 2 is 2.10 bits per heavy atom. The van der Waals surface area contributed by atoms with Crippen molar-refractivity contribution in [3.05, 3.63) is 29.6 Å². The van der Waals surface area contributed by atoms with Crippen LogP contribution in [0.15, 0.2) is 18.2 Å². The molecule has 1 saturated carbocycles. The summed E-state index contributed by atoms with van der Waals surface area (Å²) in [5.41, 5.74) is 2.30. The van der Waals surface area contributed by atoms with Crippen LogP contribution in [0.1, 0.15) is 58.4 Å². The maximum absolute atomic E-state index is 13.6. The zero-order valence-corrected chi connectivity index (χ0v) is 13.7. The van der Waals surface area contributed by atoms with E-state index in [0.29, 0.717) is 12.1 Å². The number of anilines is 1. The fraction of sp³-hybridized carbons (Fsp3) is 0.667. The molecule has 3 heteroatoms. The van der Waals surface area contributed by atoms with E-state index in [2.05, 4.69) is 31.0 Å². The number of benzene rings is 1. The normalized spacial score (nSPS) is 16.0. The van der Waals surface area contributed by atoms with E-state index >= 15 is 0 Å². The van der Waals surface area contributed by atoms with Crippen molar-refractivity contribution in [2.45, 2.75) is 71.5 Å². The van der Waals surface area contributed by atoms with Gasteiger partial charge in [-0.05, 0) is 56.4 Å². The second kappa shape index (κ2) is 7.79. The predicted molar refractivity (Wildman–Crippen MR) is 88.3 cm³/mol. The zero-order chi connectivity index (χ0) is 15.2. The third-order valence-corrected chi connectivity index (χ3v) is 4.38. The molecule has 118 valence electrons. The molecule has 1 aliphatic carbocycles. The molecule has 0 spiro atoms. The van der Waals surface area contributed by atoms with Crippen molar-refractivity contribution in [1.29, 1.82) is 0 Å². The van der Waals surface area contributed by atoms with Crippen molar-refractivity contribution in [2.24, 2.45) is 0 Å². The van der Waals surface area contributed by atoms with Crippen LogP contribution in [0.4, 0.5) is 10.1 Å². The molecule has 0 radical (unpaired) electrons. The molecule has 1 aliphatic rings. The Bertz CT molecular complexity index is 443. The molecule has 0 aliphatic heterocycles.